The Hall–Kier alpha value is -3.62. The van der Waals surface area contributed by atoms with E-state index in [1.165, 1.54) is 0 Å². The number of anilines is 1. The number of allylic oxidation sites excluding steroid dienone is 3. The van der Waals surface area contributed by atoms with Crippen LogP contribution in [-0.2, 0) is 19.1 Å². The second-order valence-electron chi connectivity index (χ2n) is 8.67. The number of nitrogens with zero attached hydrogens (tertiary/aromatic N) is 1. The van der Waals surface area contributed by atoms with Gasteiger partial charge in [-0.1, -0.05) is 43.2 Å². The van der Waals surface area contributed by atoms with Crippen LogP contribution < -0.4 is 10.6 Å². The van der Waals surface area contributed by atoms with Crippen molar-refractivity contribution in [3.63, 3.8) is 0 Å². The van der Waals surface area contributed by atoms with Crippen LogP contribution in [-0.4, -0.2) is 48.2 Å². The third-order valence-corrected chi connectivity index (χ3v) is 6.25. The van der Waals surface area contributed by atoms with Crippen LogP contribution in [0.15, 0.2) is 54.3 Å². The summed E-state index contributed by atoms with van der Waals surface area (Å²) in [4.78, 5) is 51.6. The van der Waals surface area contributed by atoms with Crippen LogP contribution >= 0.6 is 0 Å². The summed E-state index contributed by atoms with van der Waals surface area (Å²) in [5.74, 6) is -1.10. The van der Waals surface area contributed by atoms with Gasteiger partial charge in [-0.05, 0) is 43.9 Å². The standard InChI is InChI=1S/C25H29N3O6/c29-22-20-13-7-8-14-21(20)23(30)28(22)15-19(34-25(32)27-18-11-5-2-6-12-18)16-33-24(31)26-17-9-3-1-4-10-17/h1,3-5,9-12,19-21H,2,6-8,13-16H2,(H,26,31)(H,27,32). The summed E-state index contributed by atoms with van der Waals surface area (Å²) in [6.07, 6.45) is 8.02. The van der Waals surface area contributed by atoms with E-state index in [2.05, 4.69) is 10.6 Å². The van der Waals surface area contributed by atoms with Gasteiger partial charge in [-0.3, -0.25) is 25.1 Å². The quantitative estimate of drug-likeness (QED) is 0.591. The molecule has 0 radical (unpaired) electrons. The number of alkyl carbamates (subject to hydrolysis) is 1. The number of likely N-dealkylation sites (tertiary alicyclic amines) is 1. The fourth-order valence-electron chi connectivity index (χ4n) is 4.59. The first kappa shape index (κ1) is 23.5. The summed E-state index contributed by atoms with van der Waals surface area (Å²) >= 11 is 0. The summed E-state index contributed by atoms with van der Waals surface area (Å²) in [7, 11) is 0. The van der Waals surface area contributed by atoms with Crippen molar-refractivity contribution in [2.45, 2.75) is 44.6 Å². The lowest BCUT2D eigenvalue weighted by molar-refractivity contribution is -0.142. The van der Waals surface area contributed by atoms with E-state index in [-0.39, 0.29) is 36.8 Å². The summed E-state index contributed by atoms with van der Waals surface area (Å²) in [5.41, 5.74) is 1.16. The van der Waals surface area contributed by atoms with Crippen molar-refractivity contribution < 1.29 is 28.7 Å². The molecule has 0 bridgehead atoms. The van der Waals surface area contributed by atoms with Gasteiger partial charge in [0.1, 0.15) is 6.61 Å². The fourth-order valence-corrected chi connectivity index (χ4v) is 4.59. The van der Waals surface area contributed by atoms with Gasteiger partial charge in [-0.2, -0.15) is 0 Å². The van der Waals surface area contributed by atoms with Crippen LogP contribution in [0.3, 0.4) is 0 Å². The van der Waals surface area contributed by atoms with E-state index in [1.54, 1.807) is 30.3 Å². The first-order valence-corrected chi connectivity index (χ1v) is 11.7. The number of carbonyl (C=O) groups is 4. The second-order valence-corrected chi connectivity index (χ2v) is 8.67. The molecular formula is C25H29N3O6. The molecule has 34 heavy (non-hydrogen) atoms. The number of carbonyl (C=O) groups excluding carboxylic acids is 4. The molecule has 2 fully saturated rings. The van der Waals surface area contributed by atoms with Gasteiger partial charge in [0.15, 0.2) is 6.10 Å². The Balaban J connectivity index is 1.40. The predicted molar refractivity (Wildman–Crippen MR) is 123 cm³/mol. The number of ether oxygens (including phenoxy) is 2. The van der Waals surface area contributed by atoms with Gasteiger partial charge in [0, 0.05) is 11.4 Å². The Bertz CT molecular complexity index is 966. The molecule has 0 aromatic heterocycles. The van der Waals surface area contributed by atoms with E-state index in [4.69, 9.17) is 9.47 Å². The van der Waals surface area contributed by atoms with Crippen molar-refractivity contribution >= 4 is 29.7 Å². The molecule has 3 unspecified atom stereocenters. The summed E-state index contributed by atoms with van der Waals surface area (Å²) < 4.78 is 10.8. The normalized spacial score (nSPS) is 22.5. The smallest absolute Gasteiger partial charge is 0.412 e. The SMILES string of the molecule is O=C(Nc1ccccc1)OCC(CN1C(=O)C2CCCCC2C1=O)OC(=O)NC1=CCCC=C1. The van der Waals surface area contributed by atoms with E-state index in [0.29, 0.717) is 24.2 Å². The Morgan fingerprint density at radius 3 is 2.32 bits per heavy atom. The van der Waals surface area contributed by atoms with Crippen molar-refractivity contribution in [3.8, 4) is 0 Å². The minimum Gasteiger partial charge on any atom is -0.445 e. The molecule has 1 saturated carbocycles. The number of hydrogen-bond donors (Lipinski definition) is 2. The van der Waals surface area contributed by atoms with Crippen LogP contribution in [0.4, 0.5) is 15.3 Å². The lowest BCUT2D eigenvalue weighted by Gasteiger charge is -2.23. The molecule has 1 aliphatic heterocycles. The molecular weight excluding hydrogens is 438 g/mol. The van der Waals surface area contributed by atoms with E-state index < -0.39 is 18.3 Å². The Labute approximate surface area is 198 Å². The zero-order valence-corrected chi connectivity index (χ0v) is 18.9. The van der Waals surface area contributed by atoms with Crippen LogP contribution in [0.5, 0.6) is 0 Å². The molecule has 180 valence electrons. The van der Waals surface area contributed by atoms with Crippen LogP contribution in [0, 0.1) is 11.8 Å². The molecule has 9 nitrogen and oxygen atoms in total. The average molecular weight is 468 g/mol. The topological polar surface area (TPSA) is 114 Å². The highest BCUT2D eigenvalue weighted by Crippen LogP contribution is 2.38. The summed E-state index contributed by atoms with van der Waals surface area (Å²) in [5, 5.41) is 5.23. The van der Waals surface area contributed by atoms with Crippen molar-refractivity contribution in [2.24, 2.45) is 11.8 Å². The van der Waals surface area contributed by atoms with Gasteiger partial charge in [-0.15, -0.1) is 0 Å². The Morgan fingerprint density at radius 1 is 0.971 bits per heavy atom. The molecule has 1 saturated heterocycles. The largest absolute Gasteiger partial charge is 0.445 e. The van der Waals surface area contributed by atoms with Crippen molar-refractivity contribution in [1.29, 1.82) is 0 Å². The number of nitrogens with one attached hydrogen (secondary N) is 2. The molecule has 4 amide bonds. The third kappa shape index (κ3) is 5.84. The molecule has 0 spiro atoms. The van der Waals surface area contributed by atoms with Gasteiger partial charge in [0.2, 0.25) is 11.8 Å². The molecule has 1 aromatic rings. The number of fused-ring (bicyclic) bond motifs is 1. The first-order chi connectivity index (χ1) is 16.5. The fraction of sp³-hybridized carbons (Fsp3) is 0.440. The molecule has 1 aromatic carbocycles. The van der Waals surface area contributed by atoms with Gasteiger partial charge in [-0.25, -0.2) is 9.59 Å². The summed E-state index contributed by atoms with van der Waals surface area (Å²) in [6, 6.07) is 8.76. The number of amides is 4. The lowest BCUT2D eigenvalue weighted by atomic mass is 9.81. The average Bonchev–Trinajstić information content (AvgIpc) is 3.09. The highest BCUT2D eigenvalue weighted by atomic mass is 16.6. The first-order valence-electron chi connectivity index (χ1n) is 11.7. The Kier molecular flexibility index (Phi) is 7.61. The maximum absolute atomic E-state index is 12.9. The molecule has 2 aliphatic carbocycles. The van der Waals surface area contributed by atoms with Crippen LogP contribution in [0.25, 0.3) is 0 Å². The second kappa shape index (κ2) is 11.0. The van der Waals surface area contributed by atoms with Gasteiger partial charge in [0.05, 0.1) is 18.4 Å². The van der Waals surface area contributed by atoms with Crippen molar-refractivity contribution in [3.05, 3.63) is 54.3 Å². The monoisotopic (exact) mass is 467 g/mol. The zero-order chi connectivity index (χ0) is 23.9. The maximum atomic E-state index is 12.9. The number of para-hydroxylation sites is 1. The number of benzene rings is 1. The molecule has 2 N–H and O–H groups in total. The van der Waals surface area contributed by atoms with E-state index in [0.717, 1.165) is 30.6 Å². The molecule has 4 rings (SSSR count). The maximum Gasteiger partial charge on any atom is 0.412 e. The predicted octanol–water partition coefficient (Wildman–Crippen LogP) is 3.74. The van der Waals surface area contributed by atoms with Crippen LogP contribution in [0.1, 0.15) is 38.5 Å². The third-order valence-electron chi connectivity index (χ3n) is 6.25. The van der Waals surface area contributed by atoms with Gasteiger partial charge < -0.3 is 9.47 Å². The van der Waals surface area contributed by atoms with Crippen molar-refractivity contribution in [1.82, 2.24) is 10.2 Å². The molecule has 1 heterocycles. The number of imide groups is 1. The minimum absolute atomic E-state index is 0.161. The number of hydrogen-bond acceptors (Lipinski definition) is 6. The lowest BCUT2D eigenvalue weighted by Crippen LogP contribution is -2.43. The van der Waals surface area contributed by atoms with Crippen molar-refractivity contribution in [2.75, 3.05) is 18.5 Å². The van der Waals surface area contributed by atoms with Crippen LogP contribution in [0.2, 0.25) is 0 Å². The van der Waals surface area contributed by atoms with Gasteiger partial charge >= 0.3 is 12.2 Å². The van der Waals surface area contributed by atoms with Gasteiger partial charge in [0.25, 0.3) is 0 Å². The van der Waals surface area contributed by atoms with E-state index in [9.17, 15) is 19.2 Å². The van der Waals surface area contributed by atoms with E-state index in [1.807, 2.05) is 18.2 Å². The molecule has 3 atom stereocenters. The van der Waals surface area contributed by atoms with E-state index >= 15 is 0 Å². The zero-order valence-electron chi connectivity index (χ0n) is 18.9. The molecule has 3 aliphatic rings. The molecule has 9 heteroatoms. The number of rotatable bonds is 7. The highest BCUT2D eigenvalue weighted by Gasteiger charge is 2.48. The summed E-state index contributed by atoms with van der Waals surface area (Å²) in [6.45, 7) is -0.473. The Morgan fingerprint density at radius 2 is 1.68 bits per heavy atom. The minimum atomic E-state index is -1.01. The highest BCUT2D eigenvalue weighted by molar-refractivity contribution is 6.05.